The molecule has 14 rings (SSSR count). The van der Waals surface area contributed by atoms with E-state index in [-0.39, 0.29) is 24.3 Å². The molecule has 0 bridgehead atoms. The third kappa shape index (κ3) is 5.51. The zero-order valence-electron chi connectivity index (χ0n) is 41.6. The molecule has 10 aromatic carbocycles. The van der Waals surface area contributed by atoms with Gasteiger partial charge in [0.2, 0.25) is 13.4 Å². The predicted molar refractivity (Wildman–Crippen MR) is 305 cm³/mol. The third-order valence-electron chi connectivity index (χ3n) is 16.5. The normalized spacial score (nSPS) is 14.4. The van der Waals surface area contributed by atoms with E-state index in [4.69, 9.17) is 0 Å². The number of benzene rings is 10. The number of para-hydroxylation sites is 4. The molecule has 0 fully saturated rings. The molecule has 0 unspecified atom stereocenters. The summed E-state index contributed by atoms with van der Waals surface area (Å²) in [6.45, 7) is 24.6. The van der Waals surface area contributed by atoms with Crippen LogP contribution in [-0.2, 0) is 10.8 Å². The van der Waals surface area contributed by atoms with Crippen LogP contribution in [0.15, 0.2) is 158 Å². The van der Waals surface area contributed by atoms with Crippen LogP contribution in [0.2, 0.25) is 19.6 Å². The first-order valence-electron chi connectivity index (χ1n) is 25.2. The molecule has 332 valence electrons. The van der Waals surface area contributed by atoms with Crippen molar-refractivity contribution in [1.29, 1.82) is 0 Å². The minimum absolute atomic E-state index is 0.0585. The maximum absolute atomic E-state index is 2.72. The quantitative estimate of drug-likeness (QED) is 0.129. The molecule has 2 nitrogen and oxygen atoms in total. The Morgan fingerprint density at radius 1 is 0.391 bits per heavy atom. The highest BCUT2D eigenvalue weighted by atomic mass is 28.3. The molecule has 0 N–H and O–H groups in total. The number of aryl methyl sites for hydroxylation is 1. The van der Waals surface area contributed by atoms with Crippen molar-refractivity contribution in [2.75, 3.05) is 9.80 Å². The Kier molecular flexibility index (Phi) is 8.18. The molecule has 4 aliphatic heterocycles. The first kappa shape index (κ1) is 41.2. The summed E-state index contributed by atoms with van der Waals surface area (Å²) in [5.41, 5.74) is 25.6. The summed E-state index contributed by atoms with van der Waals surface area (Å²) in [7, 11) is -2.01. The van der Waals surface area contributed by atoms with Crippen molar-refractivity contribution in [3.8, 4) is 22.3 Å². The molecule has 0 amide bonds. The molecule has 5 heteroatoms. The summed E-state index contributed by atoms with van der Waals surface area (Å²) >= 11 is 0. The Morgan fingerprint density at radius 2 is 0.812 bits per heavy atom. The van der Waals surface area contributed by atoms with Gasteiger partial charge >= 0.3 is 0 Å². The van der Waals surface area contributed by atoms with Crippen molar-refractivity contribution in [1.82, 2.24) is 0 Å². The minimum Gasteiger partial charge on any atom is -0.311 e. The Labute approximate surface area is 409 Å². The van der Waals surface area contributed by atoms with E-state index in [1.165, 1.54) is 138 Å². The van der Waals surface area contributed by atoms with Gasteiger partial charge in [-0.25, -0.2) is 0 Å². The topological polar surface area (TPSA) is 6.48 Å². The average molecular weight is 903 g/mol. The highest BCUT2D eigenvalue weighted by molar-refractivity contribution is 7.03. The Hall–Kier alpha value is -6.81. The van der Waals surface area contributed by atoms with Crippen LogP contribution in [0.5, 0.6) is 0 Å². The number of nitrogens with zero attached hydrogens (tertiary/aromatic N) is 2. The van der Waals surface area contributed by atoms with Crippen molar-refractivity contribution in [2.24, 2.45) is 0 Å². The summed E-state index contributed by atoms with van der Waals surface area (Å²) in [4.78, 5) is 5.13. The van der Waals surface area contributed by atoms with Crippen LogP contribution in [0.1, 0.15) is 58.2 Å². The fourth-order valence-corrected chi connectivity index (χ4v) is 14.9. The Bertz CT molecular complexity index is 3870. The fraction of sp³-hybridized carbons (Fsp3) is 0.188. The van der Waals surface area contributed by atoms with Crippen LogP contribution in [0.3, 0.4) is 0 Å². The van der Waals surface area contributed by atoms with E-state index in [0.717, 1.165) is 0 Å². The molecule has 0 saturated heterocycles. The zero-order valence-corrected chi connectivity index (χ0v) is 42.6. The van der Waals surface area contributed by atoms with Crippen molar-refractivity contribution in [3.05, 3.63) is 174 Å². The summed E-state index contributed by atoms with van der Waals surface area (Å²) in [6.07, 6.45) is 0. The number of rotatable bonds is 3. The molecule has 4 aliphatic rings. The SMILES string of the molecule is Cc1cc2c3c(cc4c([Si](C)(C)C)cc5c6c(cc1c3c46)B1c3ccccc3N(c3ccccc3)c3cc(C(C)(C)C)cc-5c31)B1c3ccccc3N(c3ccccc3)c3cc(C(C)(C)C)cc-2c31. The molecule has 4 heterocycles. The van der Waals surface area contributed by atoms with Crippen LogP contribution in [-0.4, -0.2) is 21.5 Å². The van der Waals surface area contributed by atoms with E-state index in [0.29, 0.717) is 0 Å². The average Bonchev–Trinajstić information content (AvgIpc) is 3.33. The monoisotopic (exact) mass is 902 g/mol. The fourth-order valence-electron chi connectivity index (χ4n) is 13.3. The van der Waals surface area contributed by atoms with Gasteiger partial charge in [0.15, 0.2) is 0 Å². The van der Waals surface area contributed by atoms with Crippen LogP contribution in [0, 0.1) is 6.92 Å². The molecule has 0 aromatic heterocycles. The summed E-state index contributed by atoms with van der Waals surface area (Å²) < 4.78 is 0. The van der Waals surface area contributed by atoms with Crippen molar-refractivity contribution >= 4 is 126 Å². The minimum atomic E-state index is -2.01. The lowest BCUT2D eigenvalue weighted by Crippen LogP contribution is -2.60. The van der Waals surface area contributed by atoms with E-state index in [1.807, 2.05) is 0 Å². The van der Waals surface area contributed by atoms with Gasteiger partial charge in [0.05, 0.1) is 8.07 Å². The van der Waals surface area contributed by atoms with E-state index in [2.05, 4.69) is 236 Å². The predicted octanol–water partition coefficient (Wildman–Crippen LogP) is 12.6. The molecule has 69 heavy (non-hydrogen) atoms. The van der Waals surface area contributed by atoms with Crippen LogP contribution >= 0.6 is 0 Å². The zero-order chi connectivity index (χ0) is 47.2. The standard InChI is InChI=1S/C64H56B2N2Si/c1-37-29-43-45-30-38(63(2,3)4)32-54-61(45)66(49-26-18-20-28-53(49)67(54)40-21-13-11-14-22-40)51-35-47-56(69(8,9)10)36-44-46-31-39(64(5,6)7)33-55-62(46)65(50-34-42(37)59(57(43)51)60(47)58(44)50)48-25-17-19-27-52(48)68(55)41-23-15-12-16-24-41/h11-36H,1-10H3. The molecule has 0 aliphatic carbocycles. The second kappa shape index (κ2) is 13.7. The van der Waals surface area contributed by atoms with Gasteiger partial charge in [-0.15, -0.1) is 0 Å². The molecular weight excluding hydrogens is 846 g/mol. The highest BCUT2D eigenvalue weighted by Gasteiger charge is 2.46. The summed E-state index contributed by atoms with van der Waals surface area (Å²) in [5.74, 6) is 0. The van der Waals surface area contributed by atoms with Gasteiger partial charge in [-0.05, 0) is 159 Å². The van der Waals surface area contributed by atoms with Gasteiger partial charge < -0.3 is 9.80 Å². The largest absolute Gasteiger partial charge is 0.311 e. The lowest BCUT2D eigenvalue weighted by Gasteiger charge is -2.43. The Morgan fingerprint density at radius 3 is 1.28 bits per heavy atom. The van der Waals surface area contributed by atoms with Gasteiger partial charge in [-0.2, -0.15) is 0 Å². The van der Waals surface area contributed by atoms with E-state index in [1.54, 1.807) is 5.19 Å². The smallest absolute Gasteiger partial charge is 0.248 e. The van der Waals surface area contributed by atoms with Crippen molar-refractivity contribution in [3.63, 3.8) is 0 Å². The number of fused-ring (bicyclic) bond motifs is 8. The summed E-state index contributed by atoms with van der Waals surface area (Å²) in [6, 6.07) is 61.6. The van der Waals surface area contributed by atoms with Crippen LogP contribution < -0.4 is 47.8 Å². The van der Waals surface area contributed by atoms with E-state index in [9.17, 15) is 0 Å². The second-order valence-corrected chi connectivity index (χ2v) is 28.8. The molecule has 10 aromatic rings. The van der Waals surface area contributed by atoms with Gasteiger partial charge in [-0.1, -0.05) is 186 Å². The second-order valence-electron chi connectivity index (χ2n) is 23.7. The summed E-state index contributed by atoms with van der Waals surface area (Å²) in [5, 5.41) is 10.2. The first-order chi connectivity index (χ1) is 33.1. The molecule has 0 atom stereocenters. The van der Waals surface area contributed by atoms with E-state index < -0.39 is 8.07 Å². The van der Waals surface area contributed by atoms with E-state index >= 15 is 0 Å². The van der Waals surface area contributed by atoms with Crippen molar-refractivity contribution < 1.29 is 0 Å². The maximum atomic E-state index is 2.72. The lowest BCUT2D eigenvalue weighted by molar-refractivity contribution is 0.590. The van der Waals surface area contributed by atoms with Gasteiger partial charge in [0.1, 0.15) is 0 Å². The molecule has 0 radical (unpaired) electrons. The number of hydrogen-bond acceptors (Lipinski definition) is 2. The van der Waals surface area contributed by atoms with Gasteiger partial charge in [0.25, 0.3) is 0 Å². The molecule has 0 saturated carbocycles. The number of hydrogen-bond donors (Lipinski definition) is 0. The molecule has 0 spiro atoms. The Balaban J connectivity index is 1.18. The van der Waals surface area contributed by atoms with Crippen molar-refractivity contribution in [2.45, 2.75) is 78.9 Å². The number of anilines is 6. The lowest BCUT2D eigenvalue weighted by atomic mass is 9.31. The maximum Gasteiger partial charge on any atom is 0.248 e. The van der Waals surface area contributed by atoms with Crippen LogP contribution in [0.4, 0.5) is 34.1 Å². The first-order valence-corrected chi connectivity index (χ1v) is 28.7. The highest BCUT2D eigenvalue weighted by Crippen LogP contribution is 2.50. The van der Waals surface area contributed by atoms with Gasteiger partial charge in [-0.3, -0.25) is 0 Å². The molecular formula is C64H56B2N2Si. The van der Waals surface area contributed by atoms with Crippen LogP contribution in [0.25, 0.3) is 54.6 Å². The third-order valence-corrected chi connectivity index (χ3v) is 18.5. The van der Waals surface area contributed by atoms with Gasteiger partial charge in [0, 0.05) is 34.1 Å².